The number of nitrogens with two attached hydrogens (primary N) is 1. The summed E-state index contributed by atoms with van der Waals surface area (Å²) < 4.78 is 2.80. The third-order valence-corrected chi connectivity index (χ3v) is 3.87. The summed E-state index contributed by atoms with van der Waals surface area (Å²) in [7, 11) is 1.94. The Labute approximate surface area is 115 Å². The van der Waals surface area contributed by atoms with Crippen LogP contribution >= 0.6 is 15.9 Å². The molecule has 18 heavy (non-hydrogen) atoms. The Kier molecular flexibility index (Phi) is 3.86. The predicted octanol–water partition coefficient (Wildman–Crippen LogP) is 2.12. The Hall–Kier alpha value is -1.56. The molecule has 2 rings (SSSR count). The largest absolute Gasteiger partial charge is 0.397 e. The van der Waals surface area contributed by atoms with Crippen LogP contribution in [0.15, 0.2) is 22.9 Å². The second kappa shape index (κ2) is 5.39. The van der Waals surface area contributed by atoms with E-state index in [1.807, 2.05) is 24.7 Å². The summed E-state index contributed by atoms with van der Waals surface area (Å²) in [5.41, 5.74) is 8.67. The van der Waals surface area contributed by atoms with E-state index in [2.05, 4.69) is 31.3 Å². The number of nitrogens with one attached hydrogen (secondary N) is 1. The van der Waals surface area contributed by atoms with Gasteiger partial charge in [0.1, 0.15) is 5.82 Å². The molecule has 0 bridgehead atoms. The molecule has 0 aliphatic carbocycles. The highest BCUT2D eigenvalue weighted by molar-refractivity contribution is 9.10. The molecule has 0 radical (unpaired) electrons. The van der Waals surface area contributed by atoms with E-state index in [1.54, 1.807) is 12.4 Å². The number of anilines is 2. The first-order valence-electron chi connectivity index (χ1n) is 5.71. The number of nitrogens with zero attached hydrogens (tertiary/aromatic N) is 3. The number of aromatic nitrogens is 3. The molecule has 0 spiro atoms. The van der Waals surface area contributed by atoms with E-state index in [0.717, 1.165) is 28.8 Å². The van der Waals surface area contributed by atoms with Crippen molar-refractivity contribution in [2.75, 3.05) is 17.6 Å². The van der Waals surface area contributed by atoms with Crippen molar-refractivity contribution in [3.05, 3.63) is 34.2 Å². The van der Waals surface area contributed by atoms with Crippen LogP contribution in [-0.4, -0.2) is 21.3 Å². The molecular formula is C12H16BrN5. The molecule has 0 aliphatic heterocycles. The van der Waals surface area contributed by atoms with Gasteiger partial charge in [-0.3, -0.25) is 4.68 Å². The van der Waals surface area contributed by atoms with Crippen LogP contribution in [0, 0.1) is 6.92 Å². The van der Waals surface area contributed by atoms with Gasteiger partial charge in [-0.25, -0.2) is 4.98 Å². The lowest BCUT2D eigenvalue weighted by atomic mass is 10.2. The smallest absolute Gasteiger partial charge is 0.140 e. The minimum atomic E-state index is 0.694. The molecule has 2 aromatic heterocycles. The van der Waals surface area contributed by atoms with Crippen LogP contribution in [0.5, 0.6) is 0 Å². The second-order valence-electron chi connectivity index (χ2n) is 4.12. The molecule has 0 fully saturated rings. The minimum Gasteiger partial charge on any atom is -0.397 e. The Morgan fingerprint density at radius 2 is 2.28 bits per heavy atom. The summed E-state index contributed by atoms with van der Waals surface area (Å²) >= 11 is 3.50. The quantitative estimate of drug-likeness (QED) is 0.907. The van der Waals surface area contributed by atoms with Crippen molar-refractivity contribution in [3.8, 4) is 0 Å². The minimum absolute atomic E-state index is 0.694. The fourth-order valence-corrected chi connectivity index (χ4v) is 2.14. The molecule has 6 heteroatoms. The monoisotopic (exact) mass is 309 g/mol. The third-order valence-electron chi connectivity index (χ3n) is 2.90. The predicted molar refractivity (Wildman–Crippen MR) is 76.5 cm³/mol. The van der Waals surface area contributed by atoms with Gasteiger partial charge in [0.2, 0.25) is 0 Å². The highest BCUT2D eigenvalue weighted by atomic mass is 79.9. The van der Waals surface area contributed by atoms with Crippen molar-refractivity contribution >= 4 is 27.4 Å². The Morgan fingerprint density at radius 3 is 2.94 bits per heavy atom. The highest BCUT2D eigenvalue weighted by Crippen LogP contribution is 2.27. The van der Waals surface area contributed by atoms with Crippen molar-refractivity contribution < 1.29 is 0 Å². The summed E-state index contributed by atoms with van der Waals surface area (Å²) in [5, 5.41) is 7.42. The van der Waals surface area contributed by atoms with Crippen LogP contribution in [0.4, 0.5) is 11.5 Å². The van der Waals surface area contributed by atoms with E-state index in [-0.39, 0.29) is 0 Å². The Bertz CT molecular complexity index is 549. The van der Waals surface area contributed by atoms with Gasteiger partial charge in [0.25, 0.3) is 0 Å². The van der Waals surface area contributed by atoms with Gasteiger partial charge in [-0.15, -0.1) is 0 Å². The number of rotatable bonds is 4. The van der Waals surface area contributed by atoms with Gasteiger partial charge in [-0.2, -0.15) is 5.10 Å². The summed E-state index contributed by atoms with van der Waals surface area (Å²) in [5.74, 6) is 0.823. The first-order chi connectivity index (χ1) is 8.59. The maximum Gasteiger partial charge on any atom is 0.140 e. The van der Waals surface area contributed by atoms with Gasteiger partial charge in [-0.05, 0) is 34.5 Å². The van der Waals surface area contributed by atoms with Gasteiger partial charge in [0, 0.05) is 31.9 Å². The van der Waals surface area contributed by atoms with E-state index in [4.69, 9.17) is 5.73 Å². The highest BCUT2D eigenvalue weighted by Gasteiger charge is 2.07. The molecule has 0 amide bonds. The number of pyridine rings is 1. The number of aryl methyl sites for hydroxylation is 1. The van der Waals surface area contributed by atoms with Crippen LogP contribution < -0.4 is 11.1 Å². The molecule has 5 nitrogen and oxygen atoms in total. The second-order valence-corrected chi connectivity index (χ2v) is 4.92. The molecule has 96 valence electrons. The Balaban J connectivity index is 1.99. The fraction of sp³-hybridized carbons (Fsp3) is 0.333. The van der Waals surface area contributed by atoms with Crippen LogP contribution in [0.2, 0.25) is 0 Å². The fourth-order valence-electron chi connectivity index (χ4n) is 1.67. The van der Waals surface area contributed by atoms with Gasteiger partial charge >= 0.3 is 0 Å². The zero-order valence-electron chi connectivity index (χ0n) is 10.4. The SMILES string of the molecule is Cc1c(N)cnc(NCCc2ccnn2C)c1Br. The molecule has 0 unspecified atom stereocenters. The normalized spacial score (nSPS) is 10.6. The van der Waals surface area contributed by atoms with Crippen molar-refractivity contribution in [3.63, 3.8) is 0 Å². The van der Waals surface area contributed by atoms with Crippen LogP contribution in [0.1, 0.15) is 11.3 Å². The van der Waals surface area contributed by atoms with Gasteiger partial charge in [0.15, 0.2) is 0 Å². The van der Waals surface area contributed by atoms with E-state index in [9.17, 15) is 0 Å². The molecule has 0 aliphatic rings. The van der Waals surface area contributed by atoms with E-state index < -0.39 is 0 Å². The lowest BCUT2D eigenvalue weighted by Crippen LogP contribution is -2.10. The molecule has 2 heterocycles. The Morgan fingerprint density at radius 1 is 1.50 bits per heavy atom. The summed E-state index contributed by atoms with van der Waals surface area (Å²) in [6, 6.07) is 2.01. The van der Waals surface area contributed by atoms with Crippen LogP contribution in [0.3, 0.4) is 0 Å². The molecule has 0 aromatic carbocycles. The van der Waals surface area contributed by atoms with Crippen molar-refractivity contribution in [1.82, 2.24) is 14.8 Å². The lowest BCUT2D eigenvalue weighted by Gasteiger charge is -2.10. The van der Waals surface area contributed by atoms with Crippen LogP contribution in [0.25, 0.3) is 0 Å². The summed E-state index contributed by atoms with van der Waals surface area (Å²) in [4.78, 5) is 4.27. The number of nitrogen functional groups attached to an aromatic ring is 1. The maximum absolute atomic E-state index is 5.78. The number of halogens is 1. The molecule has 3 N–H and O–H groups in total. The van der Waals surface area contributed by atoms with Crippen molar-refractivity contribution in [2.24, 2.45) is 7.05 Å². The summed E-state index contributed by atoms with van der Waals surface area (Å²) in [6.07, 6.45) is 4.37. The molecule has 0 saturated heterocycles. The molecule has 0 atom stereocenters. The first kappa shape index (κ1) is 12.9. The van der Waals surface area contributed by atoms with E-state index >= 15 is 0 Å². The van der Waals surface area contributed by atoms with Gasteiger partial charge in [-0.1, -0.05) is 0 Å². The number of hydrogen-bond acceptors (Lipinski definition) is 4. The van der Waals surface area contributed by atoms with Crippen molar-refractivity contribution in [1.29, 1.82) is 0 Å². The average molecular weight is 310 g/mol. The topological polar surface area (TPSA) is 68.8 Å². The van der Waals surface area contributed by atoms with Crippen LogP contribution in [-0.2, 0) is 13.5 Å². The third kappa shape index (κ3) is 2.64. The average Bonchev–Trinajstić information content (AvgIpc) is 2.75. The van der Waals surface area contributed by atoms with E-state index in [1.165, 1.54) is 5.69 Å². The zero-order valence-corrected chi connectivity index (χ0v) is 12.0. The van der Waals surface area contributed by atoms with Gasteiger partial charge in [0.05, 0.1) is 16.4 Å². The zero-order chi connectivity index (χ0) is 13.1. The molecule has 0 saturated carbocycles. The number of hydrogen-bond donors (Lipinski definition) is 2. The lowest BCUT2D eigenvalue weighted by molar-refractivity contribution is 0.711. The molecule has 2 aromatic rings. The van der Waals surface area contributed by atoms with Crippen molar-refractivity contribution in [2.45, 2.75) is 13.3 Å². The van der Waals surface area contributed by atoms with Gasteiger partial charge < -0.3 is 11.1 Å². The molecular weight excluding hydrogens is 294 g/mol. The first-order valence-corrected chi connectivity index (χ1v) is 6.50. The standard InChI is InChI=1S/C12H16BrN5/c1-8-10(14)7-16-12(11(8)13)15-5-3-9-4-6-17-18(9)2/h4,6-7H,3,5,14H2,1-2H3,(H,15,16). The maximum atomic E-state index is 5.78. The van der Waals surface area contributed by atoms with E-state index in [0.29, 0.717) is 5.69 Å². The summed E-state index contributed by atoms with van der Waals surface area (Å²) in [6.45, 7) is 2.77.